The molecule has 2 aliphatic heterocycles. The summed E-state index contributed by atoms with van der Waals surface area (Å²) in [7, 11) is 0. The van der Waals surface area contributed by atoms with E-state index in [1.807, 2.05) is 0 Å². The van der Waals surface area contributed by atoms with Crippen LogP contribution >= 0.6 is 0 Å². The number of carbonyl (C=O) groups is 2. The van der Waals surface area contributed by atoms with Gasteiger partial charge in [0.15, 0.2) is 34.3 Å². The van der Waals surface area contributed by atoms with E-state index in [0.29, 0.717) is 36.1 Å². The number of fused-ring (bicyclic) bond motifs is 1. The number of carbonyl (C=O) groups excluding carboxylic acids is 2. The van der Waals surface area contributed by atoms with Crippen LogP contribution < -0.4 is 4.74 Å². The minimum atomic E-state index is -1.25. The van der Waals surface area contributed by atoms with Crippen molar-refractivity contribution in [3.63, 3.8) is 0 Å². The zero-order valence-electron chi connectivity index (χ0n) is 14.9. The van der Waals surface area contributed by atoms with E-state index >= 15 is 0 Å². The standard InChI is InChI=1S/C22H20O5/c1-3-5-12-6-7-15-18(24)16-10-13-9-14-11-26-21(8-4-2,20(13)25)22(14,16)27-19(15)17(12)23/h3-4,6-7,10,13-14,23H,1-2,5,8-9,11H2. The van der Waals surface area contributed by atoms with E-state index in [1.165, 1.54) is 0 Å². The van der Waals surface area contributed by atoms with Crippen LogP contribution in [-0.4, -0.2) is 34.5 Å². The van der Waals surface area contributed by atoms with Crippen LogP contribution in [0.2, 0.25) is 0 Å². The number of ether oxygens (including phenoxy) is 2. The normalized spacial score (nSPS) is 35.2. The van der Waals surface area contributed by atoms with Gasteiger partial charge in [0.2, 0.25) is 0 Å². The summed E-state index contributed by atoms with van der Waals surface area (Å²) in [5.41, 5.74) is -0.999. The smallest absolute Gasteiger partial charge is 0.196 e. The van der Waals surface area contributed by atoms with Crippen LogP contribution in [-0.2, 0) is 16.0 Å². The molecule has 0 radical (unpaired) electrons. The third kappa shape index (κ3) is 1.69. The molecule has 27 heavy (non-hydrogen) atoms. The van der Waals surface area contributed by atoms with E-state index in [-0.39, 0.29) is 41.3 Å². The minimum absolute atomic E-state index is 0.0575. The molecule has 0 aromatic heterocycles. The molecule has 2 fully saturated rings. The van der Waals surface area contributed by atoms with E-state index in [1.54, 1.807) is 30.4 Å². The van der Waals surface area contributed by atoms with Gasteiger partial charge in [-0.15, -0.1) is 13.2 Å². The van der Waals surface area contributed by atoms with Crippen molar-refractivity contribution in [3.8, 4) is 11.5 Å². The highest BCUT2D eigenvalue weighted by molar-refractivity contribution is 6.17. The number of benzene rings is 1. The molecule has 1 saturated heterocycles. The zero-order chi connectivity index (χ0) is 19.0. The van der Waals surface area contributed by atoms with Gasteiger partial charge in [-0.05, 0) is 18.9 Å². The van der Waals surface area contributed by atoms with E-state index in [2.05, 4.69) is 13.2 Å². The van der Waals surface area contributed by atoms with Crippen LogP contribution in [0.15, 0.2) is 49.1 Å². The maximum absolute atomic E-state index is 13.4. The molecular formula is C22H20O5. The maximum atomic E-state index is 13.4. The molecule has 0 amide bonds. The molecule has 6 rings (SSSR count). The topological polar surface area (TPSA) is 72.8 Å². The monoisotopic (exact) mass is 364 g/mol. The first-order valence-electron chi connectivity index (χ1n) is 9.21. The van der Waals surface area contributed by atoms with E-state index in [0.717, 1.165) is 0 Å². The second-order valence-electron chi connectivity index (χ2n) is 7.72. The lowest BCUT2D eigenvalue weighted by molar-refractivity contribution is -0.165. The molecule has 2 heterocycles. The summed E-state index contributed by atoms with van der Waals surface area (Å²) in [5.74, 6) is -0.622. The highest BCUT2D eigenvalue weighted by atomic mass is 16.6. The number of aromatic hydroxyl groups is 1. The molecule has 1 aromatic rings. The van der Waals surface area contributed by atoms with Crippen molar-refractivity contribution in [1.29, 1.82) is 0 Å². The van der Waals surface area contributed by atoms with Crippen LogP contribution in [0.3, 0.4) is 0 Å². The number of hydrogen-bond donors (Lipinski definition) is 1. The maximum Gasteiger partial charge on any atom is 0.196 e. The average molecular weight is 364 g/mol. The molecule has 4 bridgehead atoms. The molecule has 5 aliphatic rings. The first kappa shape index (κ1) is 16.5. The van der Waals surface area contributed by atoms with Crippen molar-refractivity contribution in [2.75, 3.05) is 6.61 Å². The Morgan fingerprint density at radius 1 is 1.26 bits per heavy atom. The van der Waals surface area contributed by atoms with Gasteiger partial charge in [-0.25, -0.2) is 0 Å². The SMILES string of the molecule is C=CCc1ccc2c(c1O)OC13C(=CC4CC1COC3(CC=C)C4=O)C2=O. The second-order valence-corrected chi connectivity index (χ2v) is 7.72. The van der Waals surface area contributed by atoms with Gasteiger partial charge in [-0.3, -0.25) is 9.59 Å². The summed E-state index contributed by atoms with van der Waals surface area (Å²) in [6.07, 6.45) is 6.39. The summed E-state index contributed by atoms with van der Waals surface area (Å²) < 4.78 is 12.5. The van der Waals surface area contributed by atoms with Crippen molar-refractivity contribution < 1.29 is 24.2 Å². The quantitative estimate of drug-likeness (QED) is 0.832. The molecule has 4 unspecified atom stereocenters. The van der Waals surface area contributed by atoms with Gasteiger partial charge >= 0.3 is 0 Å². The summed E-state index contributed by atoms with van der Waals surface area (Å²) in [4.78, 5) is 26.6. The Labute approximate surface area is 157 Å². The first-order valence-corrected chi connectivity index (χ1v) is 9.21. The lowest BCUT2D eigenvalue weighted by atomic mass is 9.53. The largest absolute Gasteiger partial charge is 0.504 e. The Morgan fingerprint density at radius 2 is 2.07 bits per heavy atom. The predicted octanol–water partition coefficient (Wildman–Crippen LogP) is 2.92. The van der Waals surface area contributed by atoms with E-state index < -0.39 is 11.2 Å². The minimum Gasteiger partial charge on any atom is -0.504 e. The molecule has 1 saturated carbocycles. The summed E-state index contributed by atoms with van der Waals surface area (Å²) in [5, 5.41) is 10.8. The number of hydrogen-bond acceptors (Lipinski definition) is 5. The Balaban J connectivity index is 1.78. The highest BCUT2D eigenvalue weighted by Gasteiger charge is 2.76. The fourth-order valence-electron chi connectivity index (χ4n) is 5.40. The molecule has 1 spiro atoms. The van der Waals surface area contributed by atoms with Crippen LogP contribution in [0.1, 0.15) is 28.8 Å². The Morgan fingerprint density at radius 3 is 2.81 bits per heavy atom. The van der Waals surface area contributed by atoms with Crippen LogP contribution in [0, 0.1) is 11.8 Å². The second kappa shape index (κ2) is 5.20. The van der Waals surface area contributed by atoms with Gasteiger partial charge in [0, 0.05) is 29.4 Å². The molecule has 3 aliphatic carbocycles. The van der Waals surface area contributed by atoms with Gasteiger partial charge in [0.25, 0.3) is 0 Å². The van der Waals surface area contributed by atoms with Crippen LogP contribution in [0.25, 0.3) is 0 Å². The Kier molecular flexibility index (Phi) is 3.18. The highest BCUT2D eigenvalue weighted by Crippen LogP contribution is 2.63. The number of rotatable bonds is 4. The Hall–Kier alpha value is -2.66. The van der Waals surface area contributed by atoms with Gasteiger partial charge in [0.1, 0.15) is 0 Å². The molecule has 1 N–H and O–H groups in total. The molecule has 5 heteroatoms. The fourth-order valence-corrected chi connectivity index (χ4v) is 5.40. The van der Waals surface area contributed by atoms with Gasteiger partial charge < -0.3 is 14.6 Å². The molecular weight excluding hydrogens is 344 g/mol. The summed E-state index contributed by atoms with van der Waals surface area (Å²) in [6, 6.07) is 3.39. The third-order valence-electron chi connectivity index (χ3n) is 6.51. The Bertz CT molecular complexity index is 958. The number of Topliss-reactive ketones (excluding diaryl/α,β-unsaturated/α-hetero) is 2. The molecule has 138 valence electrons. The zero-order valence-corrected chi connectivity index (χ0v) is 14.9. The number of ketones is 2. The molecule has 4 atom stereocenters. The van der Waals surface area contributed by atoms with Gasteiger partial charge in [-0.2, -0.15) is 0 Å². The molecule has 1 aromatic carbocycles. The number of phenolic OH excluding ortho intramolecular Hbond substituents is 1. The summed E-state index contributed by atoms with van der Waals surface area (Å²) >= 11 is 0. The number of allylic oxidation sites excluding steroid dienone is 2. The number of phenols is 1. The third-order valence-corrected chi connectivity index (χ3v) is 6.51. The van der Waals surface area contributed by atoms with Crippen LogP contribution in [0.4, 0.5) is 0 Å². The van der Waals surface area contributed by atoms with Crippen molar-refractivity contribution >= 4 is 11.6 Å². The van der Waals surface area contributed by atoms with Crippen molar-refractivity contribution in [2.24, 2.45) is 11.8 Å². The van der Waals surface area contributed by atoms with Crippen LogP contribution in [0.5, 0.6) is 11.5 Å². The van der Waals surface area contributed by atoms with Gasteiger partial charge in [0.05, 0.1) is 12.2 Å². The van der Waals surface area contributed by atoms with Crippen molar-refractivity contribution in [2.45, 2.75) is 30.5 Å². The lowest BCUT2D eigenvalue weighted by Crippen LogP contribution is -2.71. The summed E-state index contributed by atoms with van der Waals surface area (Å²) in [6.45, 7) is 7.84. The van der Waals surface area contributed by atoms with E-state index in [4.69, 9.17) is 9.47 Å². The predicted molar refractivity (Wildman–Crippen MR) is 97.9 cm³/mol. The van der Waals surface area contributed by atoms with Crippen molar-refractivity contribution in [3.05, 3.63) is 60.2 Å². The molecule has 5 nitrogen and oxygen atoms in total. The van der Waals surface area contributed by atoms with Crippen molar-refractivity contribution in [1.82, 2.24) is 0 Å². The lowest BCUT2D eigenvalue weighted by Gasteiger charge is -2.55. The average Bonchev–Trinajstić information content (AvgIpc) is 2.91. The first-order chi connectivity index (χ1) is 13.0. The van der Waals surface area contributed by atoms with Gasteiger partial charge in [-0.1, -0.05) is 24.3 Å². The van der Waals surface area contributed by atoms with E-state index in [9.17, 15) is 14.7 Å². The fraction of sp³-hybridized carbons (Fsp3) is 0.364.